The highest BCUT2D eigenvalue weighted by molar-refractivity contribution is 7.89. The van der Waals surface area contributed by atoms with Gasteiger partial charge < -0.3 is 14.8 Å². The molecule has 3 aromatic carbocycles. The smallest absolute Gasteiger partial charge is 0.294 e. The number of nitrogens with zero attached hydrogens (tertiary/aromatic N) is 3. The molecule has 1 amide bonds. The van der Waals surface area contributed by atoms with Crippen LogP contribution in [0.15, 0.2) is 111 Å². The van der Waals surface area contributed by atoms with E-state index < -0.39 is 72.7 Å². The van der Waals surface area contributed by atoms with E-state index in [0.29, 0.717) is 39.5 Å². The molecule has 2 heterocycles. The van der Waals surface area contributed by atoms with Gasteiger partial charge in [-0.05, 0) is 86.4 Å². The number of amides is 1. The minimum absolute atomic E-state index is 0.00882. The molecule has 366 valence electrons. The van der Waals surface area contributed by atoms with Crippen LogP contribution in [0.25, 0.3) is 0 Å². The van der Waals surface area contributed by atoms with Crippen LogP contribution in [0.5, 0.6) is 0 Å². The van der Waals surface area contributed by atoms with Gasteiger partial charge in [0.2, 0.25) is 31.6 Å². The summed E-state index contributed by atoms with van der Waals surface area (Å²) in [6, 6.07) is 14.4. The fraction of sp³-hybridized carbons (Fsp3) is 0.395. The summed E-state index contributed by atoms with van der Waals surface area (Å²) >= 11 is 0. The molecule has 5 rings (SSSR count). The molecule has 0 aromatic heterocycles. The SMILES string of the molecule is CN(CCCC(=O)NCc1ccc(S(N)(=O)=O)cc1)S(=O)(=O)c1ccc2c(c1)C(C)(C)C(/C=C/C=C/C=C1/N(CCCS(=O)(=O)O)c3ccc(S(=O)(=O)O)cc3C1(C)C)=[N+]2CCCS(=O)(=O)[O-]. The van der Waals surface area contributed by atoms with Crippen molar-refractivity contribution in [3.63, 3.8) is 0 Å². The summed E-state index contributed by atoms with van der Waals surface area (Å²) in [6.07, 6.45) is 8.90. The van der Waals surface area contributed by atoms with E-state index in [1.165, 1.54) is 55.6 Å². The Labute approximate surface area is 393 Å². The minimum atomic E-state index is -4.54. The normalized spacial score (nSPS) is 17.0. The second kappa shape index (κ2) is 20.1. The van der Waals surface area contributed by atoms with Gasteiger partial charge >= 0.3 is 0 Å². The van der Waals surface area contributed by atoms with Gasteiger partial charge in [0.25, 0.3) is 20.2 Å². The molecule has 2 aliphatic heterocycles. The molecule has 0 saturated heterocycles. The van der Waals surface area contributed by atoms with E-state index in [2.05, 4.69) is 5.32 Å². The van der Waals surface area contributed by atoms with Gasteiger partial charge in [0, 0.05) is 79.8 Å². The molecule has 24 heteroatoms. The van der Waals surface area contributed by atoms with Gasteiger partial charge in [0.05, 0.1) is 36.0 Å². The van der Waals surface area contributed by atoms with Crippen LogP contribution in [0.1, 0.15) is 70.1 Å². The molecule has 5 N–H and O–H groups in total. The Morgan fingerprint density at radius 1 is 0.791 bits per heavy atom. The lowest BCUT2D eigenvalue weighted by Gasteiger charge is -2.27. The molecule has 0 atom stereocenters. The molecule has 0 bridgehead atoms. The van der Waals surface area contributed by atoms with E-state index in [0.717, 1.165) is 4.31 Å². The van der Waals surface area contributed by atoms with E-state index in [-0.39, 0.29) is 72.5 Å². The zero-order valence-electron chi connectivity index (χ0n) is 37.5. The molecule has 67 heavy (non-hydrogen) atoms. The first-order valence-corrected chi connectivity index (χ1v) is 28.4. The first kappa shape index (κ1) is 53.3. The third kappa shape index (κ3) is 13.1. The van der Waals surface area contributed by atoms with Crippen molar-refractivity contribution in [1.29, 1.82) is 0 Å². The van der Waals surface area contributed by atoms with Gasteiger partial charge in [-0.25, -0.2) is 34.7 Å². The molecule has 0 saturated carbocycles. The average molecular weight is 1030 g/mol. The zero-order chi connectivity index (χ0) is 50.0. The number of fused-ring (bicyclic) bond motifs is 2. The van der Waals surface area contributed by atoms with Gasteiger partial charge in [0.1, 0.15) is 6.54 Å². The van der Waals surface area contributed by atoms with Gasteiger partial charge in [0.15, 0.2) is 5.71 Å². The number of hydrogen-bond donors (Lipinski definition) is 4. The van der Waals surface area contributed by atoms with Crippen LogP contribution in [0.2, 0.25) is 0 Å². The molecular weight excluding hydrogens is 971 g/mol. The molecule has 0 spiro atoms. The number of carbonyl (C=O) groups is 1. The van der Waals surface area contributed by atoms with Crippen LogP contribution in [-0.2, 0) is 72.6 Å². The summed E-state index contributed by atoms with van der Waals surface area (Å²) < 4.78 is 155. The van der Waals surface area contributed by atoms with Gasteiger partial charge in [-0.15, -0.1) is 0 Å². The van der Waals surface area contributed by atoms with E-state index in [4.69, 9.17) is 5.14 Å². The Morgan fingerprint density at radius 3 is 2.03 bits per heavy atom. The van der Waals surface area contributed by atoms with E-state index in [9.17, 15) is 60.5 Å². The third-order valence-corrected chi connectivity index (χ3v) is 16.9. The average Bonchev–Trinajstić information content (AvgIpc) is 3.55. The number of primary sulfonamides is 1. The highest BCUT2D eigenvalue weighted by atomic mass is 32.2. The van der Waals surface area contributed by atoms with Gasteiger partial charge in [-0.3, -0.25) is 13.9 Å². The maximum atomic E-state index is 13.9. The first-order chi connectivity index (χ1) is 30.8. The largest absolute Gasteiger partial charge is 0.748 e. The molecule has 19 nitrogen and oxygen atoms in total. The van der Waals surface area contributed by atoms with Gasteiger partial charge in [-0.2, -0.15) is 21.4 Å². The standard InChI is InChI=1S/C43H55N5O14S5/c1-42(2)35-28-33(66(58,59)46(5)23-9-14-41(49)45-30-31-15-17-32(18-16-31)65(44,56)57)19-21-37(35)47(24-10-26-63(50,51)52)39(42)12-7-6-8-13-40-43(3,4)36-29-34(67(60,61)62)20-22-38(36)48(40)25-11-27-64(53,54)55/h6-8,12-13,15-22,28-29H,9-11,14,23-27,30H2,1-5H3,(H5-,44,45,49,50,51,52,53,54,55,56,57,60,61,62). The van der Waals surface area contributed by atoms with Crippen molar-refractivity contribution in [1.82, 2.24) is 9.62 Å². The predicted molar refractivity (Wildman–Crippen MR) is 251 cm³/mol. The summed E-state index contributed by atoms with van der Waals surface area (Å²) in [4.78, 5) is 14.0. The number of anilines is 1. The Kier molecular flexibility index (Phi) is 16.0. The fourth-order valence-electron chi connectivity index (χ4n) is 8.12. The van der Waals surface area contributed by atoms with E-state index in [1.807, 2.05) is 37.2 Å². The number of benzene rings is 3. The molecule has 3 aromatic rings. The maximum Gasteiger partial charge on any atom is 0.294 e. The van der Waals surface area contributed by atoms with Crippen LogP contribution in [0.3, 0.4) is 0 Å². The molecule has 0 fully saturated rings. The number of nitrogens with two attached hydrogens (primary N) is 1. The van der Waals surface area contributed by atoms with Gasteiger partial charge in [-0.1, -0.05) is 44.2 Å². The summed E-state index contributed by atoms with van der Waals surface area (Å²) in [5, 5.41) is 7.85. The van der Waals surface area contributed by atoms with Crippen LogP contribution in [-0.4, -0.2) is 114 Å². The predicted octanol–water partition coefficient (Wildman–Crippen LogP) is 3.68. The zero-order valence-corrected chi connectivity index (χ0v) is 41.6. The second-order valence-corrected chi connectivity index (χ2v) is 25.3. The fourth-order valence-corrected chi connectivity index (χ4v) is 11.4. The Hall–Kier alpha value is -4.63. The summed E-state index contributed by atoms with van der Waals surface area (Å²) in [7, 11) is -19.9. The highest BCUT2D eigenvalue weighted by Gasteiger charge is 2.45. The lowest BCUT2D eigenvalue weighted by Crippen LogP contribution is -2.30. The molecule has 0 radical (unpaired) electrons. The summed E-state index contributed by atoms with van der Waals surface area (Å²) in [6.45, 7) is 7.80. The van der Waals surface area contributed by atoms with Crippen LogP contribution in [0, 0.1) is 0 Å². The van der Waals surface area contributed by atoms with Crippen molar-refractivity contribution in [3.05, 3.63) is 113 Å². The van der Waals surface area contributed by atoms with Crippen molar-refractivity contribution in [2.75, 3.05) is 43.1 Å². The Morgan fingerprint density at radius 2 is 1.42 bits per heavy atom. The summed E-state index contributed by atoms with van der Waals surface area (Å²) in [5.74, 6) is -1.48. The Balaban J connectivity index is 1.35. The molecule has 2 aliphatic rings. The van der Waals surface area contributed by atoms with Crippen LogP contribution < -0.4 is 15.4 Å². The number of carbonyl (C=O) groups excluding carboxylic acids is 1. The van der Waals surface area contributed by atoms with E-state index >= 15 is 0 Å². The van der Waals surface area contributed by atoms with Crippen LogP contribution >= 0.6 is 0 Å². The minimum Gasteiger partial charge on any atom is -0.748 e. The number of rotatable bonds is 21. The van der Waals surface area contributed by atoms with Crippen molar-refractivity contribution in [3.8, 4) is 0 Å². The molecular formula is C43H55N5O14S5. The quantitative estimate of drug-likeness (QED) is 0.0672. The van der Waals surface area contributed by atoms with Crippen molar-refractivity contribution >= 4 is 73.4 Å². The van der Waals surface area contributed by atoms with Crippen LogP contribution in [0.4, 0.5) is 11.4 Å². The highest BCUT2D eigenvalue weighted by Crippen LogP contribution is 2.48. The molecule has 0 unspecified atom stereocenters. The number of hydrogen-bond acceptors (Lipinski definition) is 13. The lowest BCUT2D eigenvalue weighted by atomic mass is 9.81. The number of nitrogens with one attached hydrogen (secondary N) is 1. The van der Waals surface area contributed by atoms with E-state index in [1.54, 1.807) is 42.5 Å². The first-order valence-electron chi connectivity index (χ1n) is 20.8. The topological polar surface area (TPSA) is 299 Å². The van der Waals surface area contributed by atoms with Crippen molar-refractivity contribution in [2.45, 2.75) is 85.4 Å². The lowest BCUT2D eigenvalue weighted by molar-refractivity contribution is -0.437. The molecule has 0 aliphatic carbocycles. The summed E-state index contributed by atoms with van der Waals surface area (Å²) in [5.41, 5.74) is 2.64. The third-order valence-electron chi connectivity index (χ3n) is 11.6. The Bertz CT molecular complexity index is 3110. The maximum absolute atomic E-state index is 13.9. The second-order valence-electron chi connectivity index (χ2n) is 17.2. The van der Waals surface area contributed by atoms with Crippen molar-refractivity contribution in [2.24, 2.45) is 5.14 Å². The number of sulfonamides is 2. The van der Waals surface area contributed by atoms with Crippen molar-refractivity contribution < 1.29 is 65.1 Å². The monoisotopic (exact) mass is 1030 g/mol. The number of allylic oxidation sites excluding steroid dienone is 6.